The van der Waals surface area contributed by atoms with Crippen LogP contribution in [-0.2, 0) is 29.3 Å². The van der Waals surface area contributed by atoms with E-state index < -0.39 is 11.3 Å². The van der Waals surface area contributed by atoms with Crippen LogP contribution in [0.3, 0.4) is 0 Å². The molecular formula is C25H33IN2O6. The number of nitrogens with zero attached hydrogens (tertiary/aromatic N) is 1. The van der Waals surface area contributed by atoms with Crippen molar-refractivity contribution in [3.05, 3.63) is 33.1 Å². The average Bonchev–Trinajstić information content (AvgIpc) is 3.20. The van der Waals surface area contributed by atoms with Gasteiger partial charge in [0.15, 0.2) is 5.72 Å². The minimum Gasteiger partial charge on any atom is -0.504 e. The maximum absolute atomic E-state index is 12.8. The van der Waals surface area contributed by atoms with Crippen molar-refractivity contribution in [3.63, 3.8) is 0 Å². The molecular weight excluding hydrogens is 551 g/mol. The van der Waals surface area contributed by atoms with Gasteiger partial charge in [-0.05, 0) is 59.4 Å². The molecule has 0 amide bonds. The van der Waals surface area contributed by atoms with Crippen LogP contribution in [0.4, 0.5) is 5.69 Å². The highest BCUT2D eigenvalue weighted by Gasteiger charge is 2.70. The number of carbonyl (C=O) groups excluding carboxylic acids is 1. The van der Waals surface area contributed by atoms with Gasteiger partial charge in [-0.15, -0.1) is 0 Å². The molecule has 4 aliphatic heterocycles. The third-order valence-electron chi connectivity index (χ3n) is 8.18. The quantitative estimate of drug-likeness (QED) is 0.244. The van der Waals surface area contributed by atoms with Crippen molar-refractivity contribution in [2.75, 3.05) is 52.9 Å². The number of rotatable bonds is 5. The lowest BCUT2D eigenvalue weighted by molar-refractivity contribution is -0.297. The molecule has 3 saturated heterocycles. The Hall–Kier alpha value is -1.56. The predicted octanol–water partition coefficient (Wildman–Crippen LogP) is 3.49. The summed E-state index contributed by atoms with van der Waals surface area (Å²) in [6, 6.07) is 4.07. The second-order valence-corrected chi connectivity index (χ2v) is 10.6. The normalized spacial score (nSPS) is 34.7. The lowest BCUT2D eigenvalue weighted by Gasteiger charge is -2.61. The zero-order valence-electron chi connectivity index (χ0n) is 20.2. The van der Waals surface area contributed by atoms with Crippen LogP contribution in [0.2, 0.25) is 0 Å². The Bertz CT molecular complexity index is 1000. The number of benzene rings is 1. The van der Waals surface area contributed by atoms with Crippen LogP contribution in [0.15, 0.2) is 24.0 Å². The van der Waals surface area contributed by atoms with Crippen molar-refractivity contribution in [1.82, 2.24) is 4.90 Å². The number of ether oxygens (including phenoxy) is 5. The van der Waals surface area contributed by atoms with Crippen LogP contribution < -0.4 is 10.1 Å². The molecule has 0 radical (unpaired) electrons. The highest BCUT2D eigenvalue weighted by atomic mass is 127. The van der Waals surface area contributed by atoms with Gasteiger partial charge in [0, 0.05) is 16.7 Å². The molecule has 3 fully saturated rings. The maximum atomic E-state index is 12.8. The van der Waals surface area contributed by atoms with Gasteiger partial charge in [-0.3, -0.25) is 4.90 Å². The molecule has 0 unspecified atom stereocenters. The van der Waals surface area contributed by atoms with Crippen LogP contribution in [0.5, 0.6) is 5.75 Å². The van der Waals surface area contributed by atoms with Crippen molar-refractivity contribution >= 4 is 34.2 Å². The fourth-order valence-corrected chi connectivity index (χ4v) is 7.33. The summed E-state index contributed by atoms with van der Waals surface area (Å²) < 4.78 is 30.8. The van der Waals surface area contributed by atoms with Gasteiger partial charge >= 0.3 is 5.97 Å². The largest absolute Gasteiger partial charge is 0.504 e. The standard InChI is InChI=1S/C25H33IN2O6/c1-5-15-13-28-9-8-24-21-19(31-3)7-6-18(26)22(21)27-25(24,34-11-10-33-24)20(28)12-16(15)17(14-30-2)23(29)32-4/h6-7,14-16,20,27H,5,8-13H2,1-4H3/b17-14+/t15-,16+,20+,24+,25+/m1/s1. The number of fused-ring (bicyclic) bond motifs is 2. The highest BCUT2D eigenvalue weighted by molar-refractivity contribution is 14.1. The number of esters is 1. The van der Waals surface area contributed by atoms with Gasteiger partial charge in [0.05, 0.1) is 63.7 Å². The molecule has 8 nitrogen and oxygen atoms in total. The zero-order valence-corrected chi connectivity index (χ0v) is 22.3. The maximum Gasteiger partial charge on any atom is 0.337 e. The van der Waals surface area contributed by atoms with Crippen molar-refractivity contribution in [2.24, 2.45) is 11.8 Å². The van der Waals surface area contributed by atoms with Gasteiger partial charge in [-0.1, -0.05) is 13.3 Å². The molecule has 5 atom stereocenters. The Morgan fingerprint density at radius 1 is 1.29 bits per heavy atom. The number of hydrogen-bond donors (Lipinski definition) is 1. The van der Waals surface area contributed by atoms with Crippen molar-refractivity contribution < 1.29 is 28.5 Å². The number of halogens is 1. The molecule has 186 valence electrons. The van der Waals surface area contributed by atoms with Crippen LogP contribution in [0, 0.1) is 15.4 Å². The molecule has 4 aliphatic rings. The second-order valence-electron chi connectivity index (χ2n) is 9.46. The van der Waals surface area contributed by atoms with E-state index in [0.29, 0.717) is 24.7 Å². The lowest BCUT2D eigenvalue weighted by Crippen LogP contribution is -2.75. The molecule has 0 spiro atoms. The van der Waals surface area contributed by atoms with E-state index in [1.807, 2.05) is 6.07 Å². The van der Waals surface area contributed by atoms with E-state index in [9.17, 15) is 4.79 Å². The smallest absolute Gasteiger partial charge is 0.337 e. The van der Waals surface area contributed by atoms with Gasteiger partial charge in [0.1, 0.15) is 11.4 Å². The summed E-state index contributed by atoms with van der Waals surface area (Å²) in [5.74, 6) is 0.777. The Morgan fingerprint density at radius 3 is 2.79 bits per heavy atom. The van der Waals surface area contributed by atoms with E-state index in [1.54, 1.807) is 20.5 Å². The first kappa shape index (κ1) is 24.1. The molecule has 0 aromatic heterocycles. The summed E-state index contributed by atoms with van der Waals surface area (Å²) in [5.41, 5.74) is 1.23. The van der Waals surface area contributed by atoms with E-state index >= 15 is 0 Å². The first-order chi connectivity index (χ1) is 16.5. The van der Waals surface area contributed by atoms with Gasteiger partial charge in [0.2, 0.25) is 0 Å². The van der Waals surface area contributed by atoms with Crippen molar-refractivity contribution in [3.8, 4) is 5.75 Å². The third-order valence-corrected chi connectivity index (χ3v) is 9.08. The number of hydrogen-bond acceptors (Lipinski definition) is 8. The molecule has 9 heteroatoms. The SMILES string of the molecule is CC[C@@H]1CN2CC[C@@]34OCCO[C@@]3(Nc3c(I)ccc(OC)c34)[C@@H]2C[C@@H]1/C(=C\OC)C(=O)OC. The van der Waals surface area contributed by atoms with E-state index in [1.165, 1.54) is 7.11 Å². The van der Waals surface area contributed by atoms with E-state index in [-0.39, 0.29) is 17.9 Å². The topological polar surface area (TPSA) is 78.5 Å². The monoisotopic (exact) mass is 584 g/mol. The van der Waals surface area contributed by atoms with Crippen LogP contribution in [-0.4, -0.2) is 70.3 Å². The molecule has 1 aromatic rings. The van der Waals surface area contributed by atoms with Gasteiger partial charge < -0.3 is 29.0 Å². The minimum absolute atomic E-state index is 0.00725. The Kier molecular flexibility index (Phi) is 6.50. The van der Waals surface area contributed by atoms with E-state index in [2.05, 4.69) is 45.8 Å². The molecule has 0 aliphatic carbocycles. The fraction of sp³-hybridized carbons (Fsp3) is 0.640. The summed E-state index contributed by atoms with van der Waals surface area (Å²) in [7, 11) is 4.71. The van der Waals surface area contributed by atoms with E-state index in [0.717, 1.165) is 52.9 Å². The van der Waals surface area contributed by atoms with E-state index in [4.69, 9.17) is 23.7 Å². The number of piperidine rings is 2. The van der Waals surface area contributed by atoms with Crippen LogP contribution in [0.25, 0.3) is 0 Å². The summed E-state index contributed by atoms with van der Waals surface area (Å²) >= 11 is 2.37. The van der Waals surface area contributed by atoms with Crippen molar-refractivity contribution in [1.29, 1.82) is 0 Å². The number of anilines is 1. The lowest BCUT2D eigenvalue weighted by atomic mass is 9.67. The summed E-state index contributed by atoms with van der Waals surface area (Å²) in [4.78, 5) is 15.3. The van der Waals surface area contributed by atoms with Gasteiger partial charge in [-0.2, -0.15) is 0 Å². The third kappa shape index (κ3) is 3.30. The molecule has 34 heavy (non-hydrogen) atoms. The molecule has 0 bridgehead atoms. The Labute approximate surface area is 214 Å². The van der Waals surface area contributed by atoms with Gasteiger partial charge in [-0.25, -0.2) is 4.79 Å². The Balaban J connectivity index is 1.62. The average molecular weight is 584 g/mol. The van der Waals surface area contributed by atoms with Crippen LogP contribution in [0.1, 0.15) is 31.7 Å². The molecule has 4 heterocycles. The molecule has 5 rings (SSSR count). The first-order valence-electron chi connectivity index (χ1n) is 11.9. The summed E-state index contributed by atoms with van der Waals surface area (Å²) in [5, 5.41) is 3.81. The first-order valence-corrected chi connectivity index (χ1v) is 13.0. The van der Waals surface area contributed by atoms with Crippen LogP contribution >= 0.6 is 22.6 Å². The van der Waals surface area contributed by atoms with Crippen molar-refractivity contribution in [2.45, 2.75) is 43.6 Å². The van der Waals surface area contributed by atoms with Gasteiger partial charge in [0.25, 0.3) is 0 Å². The number of methoxy groups -OCH3 is 3. The second kappa shape index (κ2) is 9.15. The minimum atomic E-state index is -0.772. The number of carbonyl (C=O) groups is 1. The number of nitrogens with one attached hydrogen (secondary N) is 1. The molecule has 0 saturated carbocycles. The summed E-state index contributed by atoms with van der Waals surface area (Å²) in [6.45, 7) is 4.98. The molecule has 1 N–H and O–H groups in total. The highest BCUT2D eigenvalue weighted by Crippen LogP contribution is 2.62. The predicted molar refractivity (Wildman–Crippen MR) is 135 cm³/mol. The Morgan fingerprint density at radius 2 is 2.09 bits per heavy atom. The molecule has 1 aromatic carbocycles. The summed E-state index contributed by atoms with van der Waals surface area (Å²) in [6.07, 6.45) is 4.05. The fourth-order valence-electron chi connectivity index (χ4n) is 6.74. The zero-order chi connectivity index (χ0) is 24.1.